The van der Waals surface area contributed by atoms with Crippen molar-refractivity contribution < 1.29 is 22.9 Å². The molecule has 0 aliphatic rings. The number of hydrogen-bond donors (Lipinski definition) is 2. The van der Waals surface area contributed by atoms with Crippen LogP contribution < -0.4 is 0 Å². The molecule has 0 heterocycles. The highest BCUT2D eigenvalue weighted by atomic mass is 32.2. The van der Waals surface area contributed by atoms with Crippen LogP contribution in [0.5, 0.6) is 0 Å². The highest BCUT2D eigenvalue weighted by molar-refractivity contribution is 7.86. The minimum Gasteiger partial charge on any atom is -0.478 e. The van der Waals surface area contributed by atoms with Gasteiger partial charge >= 0.3 is 5.97 Å². The molecule has 0 spiro atoms. The summed E-state index contributed by atoms with van der Waals surface area (Å²) in [5, 5.41) is 8.94. The van der Waals surface area contributed by atoms with E-state index in [1.165, 1.54) is 31.4 Å². The van der Waals surface area contributed by atoms with E-state index < -0.39 is 26.5 Å². The molecule has 6 heteroatoms. The lowest BCUT2D eigenvalue weighted by atomic mass is 10.0. The number of aryl methyl sites for hydroxylation is 1. The topological polar surface area (TPSA) is 91.7 Å². The Labute approximate surface area is 125 Å². The van der Waals surface area contributed by atoms with Gasteiger partial charge in [-0.1, -0.05) is 45.1 Å². The molecule has 118 valence electrons. The smallest absolute Gasteiger partial charge is 0.337 e. The summed E-state index contributed by atoms with van der Waals surface area (Å²) < 4.78 is 31.6. The predicted octanol–water partition coefficient (Wildman–Crippen LogP) is 3.53. The van der Waals surface area contributed by atoms with E-state index in [1.54, 1.807) is 6.07 Å². The molecule has 0 aromatic heterocycles. The Morgan fingerprint density at radius 2 is 1.71 bits per heavy atom. The SMILES string of the molecule is CCCCCCCCc1ccc(C(=O)O)c(S(=O)(=O)O)c1. The summed E-state index contributed by atoms with van der Waals surface area (Å²) in [6.45, 7) is 2.15. The van der Waals surface area contributed by atoms with E-state index in [-0.39, 0.29) is 0 Å². The highest BCUT2D eigenvalue weighted by Gasteiger charge is 2.20. The maximum absolute atomic E-state index is 11.3. The van der Waals surface area contributed by atoms with Gasteiger partial charge in [0.15, 0.2) is 0 Å². The molecule has 0 unspecified atom stereocenters. The van der Waals surface area contributed by atoms with Gasteiger partial charge in [-0.2, -0.15) is 8.42 Å². The second-order valence-corrected chi connectivity index (χ2v) is 6.52. The minimum atomic E-state index is -4.52. The molecule has 0 atom stereocenters. The van der Waals surface area contributed by atoms with Crippen LogP contribution in [0.25, 0.3) is 0 Å². The first-order valence-electron chi connectivity index (χ1n) is 7.20. The monoisotopic (exact) mass is 314 g/mol. The molecule has 0 amide bonds. The van der Waals surface area contributed by atoms with Crippen molar-refractivity contribution in [2.75, 3.05) is 0 Å². The summed E-state index contributed by atoms with van der Waals surface area (Å²) in [6.07, 6.45) is 7.41. The predicted molar refractivity (Wildman–Crippen MR) is 80.3 cm³/mol. The maximum Gasteiger partial charge on any atom is 0.337 e. The van der Waals surface area contributed by atoms with Crippen molar-refractivity contribution in [1.29, 1.82) is 0 Å². The Balaban J connectivity index is 2.71. The first-order valence-corrected chi connectivity index (χ1v) is 8.64. The number of rotatable bonds is 9. The average molecular weight is 314 g/mol. The maximum atomic E-state index is 11.3. The van der Waals surface area contributed by atoms with Crippen molar-refractivity contribution >= 4 is 16.1 Å². The van der Waals surface area contributed by atoms with Crippen LogP contribution in [0, 0.1) is 0 Å². The van der Waals surface area contributed by atoms with E-state index in [1.807, 2.05) is 0 Å². The molecule has 0 saturated heterocycles. The molecular weight excluding hydrogens is 292 g/mol. The number of benzene rings is 1. The lowest BCUT2D eigenvalue weighted by Gasteiger charge is -2.07. The van der Waals surface area contributed by atoms with Crippen LogP contribution in [0.2, 0.25) is 0 Å². The fourth-order valence-corrected chi connectivity index (χ4v) is 2.96. The molecule has 0 aliphatic heterocycles. The highest BCUT2D eigenvalue weighted by Crippen LogP contribution is 2.19. The van der Waals surface area contributed by atoms with Crippen LogP contribution in [0.3, 0.4) is 0 Å². The van der Waals surface area contributed by atoms with Crippen molar-refractivity contribution in [3.8, 4) is 0 Å². The van der Waals surface area contributed by atoms with Crippen molar-refractivity contribution in [1.82, 2.24) is 0 Å². The van der Waals surface area contributed by atoms with E-state index in [4.69, 9.17) is 9.66 Å². The van der Waals surface area contributed by atoms with Crippen molar-refractivity contribution in [2.45, 2.75) is 56.8 Å². The molecule has 0 radical (unpaired) electrons. The summed E-state index contributed by atoms with van der Waals surface area (Å²) >= 11 is 0. The Hall–Kier alpha value is -1.40. The lowest BCUT2D eigenvalue weighted by molar-refractivity contribution is 0.0692. The van der Waals surface area contributed by atoms with Gasteiger partial charge in [-0.25, -0.2) is 4.79 Å². The summed E-state index contributed by atoms with van der Waals surface area (Å²) in [5.74, 6) is -1.37. The molecule has 1 aromatic rings. The van der Waals surface area contributed by atoms with Gasteiger partial charge in [-0.15, -0.1) is 0 Å². The first kappa shape index (κ1) is 17.7. The third-order valence-corrected chi connectivity index (χ3v) is 4.27. The van der Waals surface area contributed by atoms with E-state index in [0.29, 0.717) is 6.42 Å². The molecule has 0 saturated carbocycles. The Morgan fingerprint density at radius 3 is 2.29 bits per heavy atom. The third kappa shape index (κ3) is 5.85. The summed E-state index contributed by atoms with van der Waals surface area (Å²) in [6, 6.07) is 4.09. The van der Waals surface area contributed by atoms with Crippen LogP contribution in [0.15, 0.2) is 23.1 Å². The Morgan fingerprint density at radius 1 is 1.10 bits per heavy atom. The van der Waals surface area contributed by atoms with Crippen LogP contribution in [-0.4, -0.2) is 24.0 Å². The van der Waals surface area contributed by atoms with Gasteiger partial charge in [0.2, 0.25) is 0 Å². The van der Waals surface area contributed by atoms with Crippen LogP contribution in [0.4, 0.5) is 0 Å². The molecular formula is C15H22O5S. The number of unbranched alkanes of at least 4 members (excludes halogenated alkanes) is 5. The molecule has 1 rings (SSSR count). The number of hydrogen-bond acceptors (Lipinski definition) is 3. The Bertz CT molecular complexity index is 578. The Kier molecular flexibility index (Phi) is 6.84. The van der Waals surface area contributed by atoms with E-state index in [2.05, 4.69) is 6.92 Å². The molecule has 2 N–H and O–H groups in total. The van der Waals surface area contributed by atoms with Crippen molar-refractivity contribution in [3.05, 3.63) is 29.3 Å². The van der Waals surface area contributed by atoms with Crippen LogP contribution in [-0.2, 0) is 16.5 Å². The second kappa shape index (κ2) is 8.14. The molecule has 0 bridgehead atoms. The quantitative estimate of drug-likeness (QED) is 0.537. The van der Waals surface area contributed by atoms with Gasteiger partial charge in [-0.05, 0) is 30.5 Å². The average Bonchev–Trinajstić information content (AvgIpc) is 2.41. The van der Waals surface area contributed by atoms with Crippen LogP contribution in [0.1, 0.15) is 61.4 Å². The van der Waals surface area contributed by atoms with E-state index in [0.717, 1.165) is 24.8 Å². The molecule has 21 heavy (non-hydrogen) atoms. The van der Waals surface area contributed by atoms with Crippen molar-refractivity contribution in [3.63, 3.8) is 0 Å². The van der Waals surface area contributed by atoms with Gasteiger partial charge < -0.3 is 5.11 Å². The summed E-state index contributed by atoms with van der Waals surface area (Å²) in [4.78, 5) is 10.4. The third-order valence-electron chi connectivity index (χ3n) is 3.37. The first-order chi connectivity index (χ1) is 9.86. The summed E-state index contributed by atoms with van der Waals surface area (Å²) in [5.41, 5.74) is 0.326. The van der Waals surface area contributed by atoms with Gasteiger partial charge in [0, 0.05) is 0 Å². The fourth-order valence-electron chi connectivity index (χ4n) is 2.22. The minimum absolute atomic E-state index is 0.399. The zero-order valence-electron chi connectivity index (χ0n) is 12.2. The van der Waals surface area contributed by atoms with Crippen LogP contribution >= 0.6 is 0 Å². The van der Waals surface area contributed by atoms with Crippen molar-refractivity contribution in [2.24, 2.45) is 0 Å². The zero-order chi connectivity index (χ0) is 15.9. The molecule has 0 fully saturated rings. The van der Waals surface area contributed by atoms with Gasteiger partial charge in [0.05, 0.1) is 5.56 Å². The van der Waals surface area contributed by atoms with E-state index >= 15 is 0 Å². The van der Waals surface area contributed by atoms with Gasteiger partial charge in [0.25, 0.3) is 10.1 Å². The normalized spacial score (nSPS) is 11.5. The van der Waals surface area contributed by atoms with E-state index in [9.17, 15) is 13.2 Å². The number of carbonyl (C=O) groups is 1. The second-order valence-electron chi connectivity index (χ2n) is 5.13. The standard InChI is InChI=1S/C15H22O5S/c1-2-3-4-5-6-7-8-12-9-10-13(15(16)17)14(11-12)21(18,19)20/h9-11H,2-8H2,1H3,(H,16,17)(H,18,19,20). The molecule has 1 aromatic carbocycles. The summed E-state index contributed by atoms with van der Waals surface area (Å²) in [7, 11) is -4.52. The van der Waals surface area contributed by atoms with Gasteiger partial charge in [-0.3, -0.25) is 4.55 Å². The fraction of sp³-hybridized carbons (Fsp3) is 0.533. The lowest BCUT2D eigenvalue weighted by Crippen LogP contribution is -2.08. The number of carboxylic acids is 1. The number of carboxylic acid groups (broad SMARTS) is 1. The largest absolute Gasteiger partial charge is 0.478 e. The molecule has 0 aliphatic carbocycles. The van der Waals surface area contributed by atoms with Gasteiger partial charge in [0.1, 0.15) is 4.90 Å². The zero-order valence-corrected chi connectivity index (χ0v) is 13.0. The number of aromatic carboxylic acids is 1. The molecule has 5 nitrogen and oxygen atoms in total.